The van der Waals surface area contributed by atoms with Gasteiger partial charge in [0.2, 0.25) is 0 Å². The van der Waals surface area contributed by atoms with Crippen LogP contribution >= 0.6 is 23.2 Å². The Morgan fingerprint density at radius 2 is 1.86 bits per heavy atom. The van der Waals surface area contributed by atoms with E-state index >= 15 is 0 Å². The molecule has 0 fully saturated rings. The van der Waals surface area contributed by atoms with Gasteiger partial charge < -0.3 is 14.8 Å². The largest absolute Gasteiger partial charge is 0.492 e. The Balaban J connectivity index is 1.56. The van der Waals surface area contributed by atoms with Crippen LogP contribution in [-0.2, 0) is 20.7 Å². The van der Waals surface area contributed by atoms with Gasteiger partial charge in [0.25, 0.3) is 5.91 Å². The smallest absolute Gasteiger partial charge is 0.306 e. The quantitative estimate of drug-likeness (QED) is 0.403. The SMILES string of the molecule is C[C@H](CCc1ccccc1)NC(=O)COC(=O)CCCOc1ccc(Cl)cc1Cl. The van der Waals surface area contributed by atoms with Crippen molar-refractivity contribution in [3.05, 3.63) is 64.1 Å². The molecule has 0 radical (unpaired) electrons. The van der Waals surface area contributed by atoms with Gasteiger partial charge in [0.1, 0.15) is 5.75 Å². The van der Waals surface area contributed by atoms with Gasteiger partial charge in [-0.1, -0.05) is 53.5 Å². The van der Waals surface area contributed by atoms with Crippen LogP contribution in [0.5, 0.6) is 5.75 Å². The highest BCUT2D eigenvalue weighted by molar-refractivity contribution is 6.35. The van der Waals surface area contributed by atoms with E-state index in [1.807, 2.05) is 25.1 Å². The lowest BCUT2D eigenvalue weighted by Crippen LogP contribution is -2.36. The summed E-state index contributed by atoms with van der Waals surface area (Å²) in [4.78, 5) is 23.7. The summed E-state index contributed by atoms with van der Waals surface area (Å²) in [6, 6.07) is 15.0. The van der Waals surface area contributed by atoms with E-state index in [9.17, 15) is 9.59 Å². The summed E-state index contributed by atoms with van der Waals surface area (Å²) in [5.41, 5.74) is 1.22. The number of esters is 1. The van der Waals surface area contributed by atoms with E-state index in [2.05, 4.69) is 17.4 Å². The maximum absolute atomic E-state index is 11.9. The number of rotatable bonds is 11. The molecule has 2 rings (SSSR count). The van der Waals surface area contributed by atoms with Gasteiger partial charge in [-0.25, -0.2) is 0 Å². The number of amides is 1. The Kier molecular flexibility index (Phi) is 9.81. The number of halogens is 2. The summed E-state index contributed by atoms with van der Waals surface area (Å²) in [5.74, 6) is -0.237. The monoisotopic (exact) mass is 437 g/mol. The molecule has 0 aliphatic heterocycles. The van der Waals surface area contributed by atoms with Crippen LogP contribution in [0.25, 0.3) is 0 Å². The van der Waals surface area contributed by atoms with Crippen molar-refractivity contribution in [2.45, 2.75) is 38.6 Å². The number of benzene rings is 2. The molecule has 0 unspecified atom stereocenters. The maximum Gasteiger partial charge on any atom is 0.306 e. The molecule has 0 spiro atoms. The van der Waals surface area contributed by atoms with Gasteiger partial charge in [-0.2, -0.15) is 0 Å². The van der Waals surface area contributed by atoms with Crippen molar-refractivity contribution in [1.29, 1.82) is 0 Å². The summed E-state index contributed by atoms with van der Waals surface area (Å²) in [5, 5.41) is 3.78. The molecule has 0 aliphatic rings. The first-order valence-corrected chi connectivity index (χ1v) is 10.3. The predicted molar refractivity (Wildman–Crippen MR) is 115 cm³/mol. The second-order valence-corrected chi connectivity index (χ2v) is 7.52. The van der Waals surface area contributed by atoms with Crippen LogP contribution in [0.15, 0.2) is 48.5 Å². The van der Waals surface area contributed by atoms with E-state index in [0.29, 0.717) is 28.8 Å². The van der Waals surface area contributed by atoms with Gasteiger partial charge in [0, 0.05) is 17.5 Å². The van der Waals surface area contributed by atoms with Gasteiger partial charge in [-0.3, -0.25) is 9.59 Å². The molecular weight excluding hydrogens is 413 g/mol. The molecule has 29 heavy (non-hydrogen) atoms. The van der Waals surface area contributed by atoms with Crippen LogP contribution in [-0.4, -0.2) is 31.1 Å². The third kappa shape index (κ3) is 9.20. The number of carbonyl (C=O) groups is 2. The fraction of sp³-hybridized carbons (Fsp3) is 0.364. The van der Waals surface area contributed by atoms with E-state index in [1.54, 1.807) is 18.2 Å². The van der Waals surface area contributed by atoms with E-state index in [0.717, 1.165) is 12.8 Å². The third-order valence-corrected chi connectivity index (χ3v) is 4.69. The highest BCUT2D eigenvalue weighted by atomic mass is 35.5. The summed E-state index contributed by atoms with van der Waals surface area (Å²) in [6.45, 7) is 1.96. The molecule has 2 aromatic carbocycles. The number of nitrogens with one attached hydrogen (secondary N) is 1. The van der Waals surface area contributed by atoms with Crippen molar-refractivity contribution in [3.63, 3.8) is 0 Å². The molecule has 0 aromatic heterocycles. The Morgan fingerprint density at radius 3 is 2.59 bits per heavy atom. The Labute approximate surface area is 181 Å². The van der Waals surface area contributed by atoms with Crippen LogP contribution < -0.4 is 10.1 Å². The summed E-state index contributed by atoms with van der Waals surface area (Å²) < 4.78 is 10.5. The molecular formula is C22H25Cl2NO4. The number of hydrogen-bond acceptors (Lipinski definition) is 4. The van der Waals surface area contributed by atoms with Crippen molar-refractivity contribution in [3.8, 4) is 5.75 Å². The minimum atomic E-state index is -0.442. The second kappa shape index (κ2) is 12.3. The maximum atomic E-state index is 11.9. The van der Waals surface area contributed by atoms with Gasteiger partial charge >= 0.3 is 5.97 Å². The molecule has 0 saturated carbocycles. The highest BCUT2D eigenvalue weighted by Gasteiger charge is 2.11. The number of aryl methyl sites for hydroxylation is 1. The zero-order valence-corrected chi connectivity index (χ0v) is 17.8. The van der Waals surface area contributed by atoms with Gasteiger partial charge in [0.15, 0.2) is 6.61 Å². The van der Waals surface area contributed by atoms with E-state index in [1.165, 1.54) is 5.56 Å². The standard InChI is InChI=1S/C22H25Cl2NO4/c1-16(9-10-17-6-3-2-4-7-17)25-21(26)15-29-22(27)8-5-13-28-20-12-11-18(23)14-19(20)24/h2-4,6-7,11-12,14,16H,5,8-10,13,15H2,1H3,(H,25,26)/t16-/m1/s1. The number of hydrogen-bond donors (Lipinski definition) is 1. The molecule has 0 saturated heterocycles. The molecule has 5 nitrogen and oxygen atoms in total. The molecule has 156 valence electrons. The van der Waals surface area contributed by atoms with Crippen LogP contribution in [0, 0.1) is 0 Å². The van der Waals surface area contributed by atoms with Gasteiger partial charge in [0.05, 0.1) is 11.6 Å². The summed E-state index contributed by atoms with van der Waals surface area (Å²) in [6.07, 6.45) is 2.29. The average Bonchev–Trinajstić information content (AvgIpc) is 2.70. The van der Waals surface area contributed by atoms with Crippen molar-refractivity contribution in [2.24, 2.45) is 0 Å². The van der Waals surface area contributed by atoms with Crippen molar-refractivity contribution in [1.82, 2.24) is 5.32 Å². The minimum Gasteiger partial charge on any atom is -0.492 e. The fourth-order valence-electron chi connectivity index (χ4n) is 2.63. The lowest BCUT2D eigenvalue weighted by Gasteiger charge is -2.14. The molecule has 0 bridgehead atoms. The highest BCUT2D eigenvalue weighted by Crippen LogP contribution is 2.27. The predicted octanol–water partition coefficient (Wildman–Crippen LogP) is 4.83. The lowest BCUT2D eigenvalue weighted by molar-refractivity contribution is -0.148. The Bertz CT molecular complexity index is 799. The number of carbonyl (C=O) groups excluding carboxylic acids is 2. The van der Waals surface area contributed by atoms with Crippen LogP contribution in [0.4, 0.5) is 0 Å². The molecule has 7 heteroatoms. The summed E-state index contributed by atoms with van der Waals surface area (Å²) >= 11 is 11.8. The Morgan fingerprint density at radius 1 is 1.10 bits per heavy atom. The normalized spacial score (nSPS) is 11.6. The van der Waals surface area contributed by atoms with E-state index in [-0.39, 0.29) is 25.0 Å². The molecule has 0 heterocycles. The zero-order valence-electron chi connectivity index (χ0n) is 16.3. The van der Waals surface area contributed by atoms with Crippen LogP contribution in [0.3, 0.4) is 0 Å². The van der Waals surface area contributed by atoms with Crippen LogP contribution in [0.1, 0.15) is 31.7 Å². The molecule has 1 atom stereocenters. The lowest BCUT2D eigenvalue weighted by atomic mass is 10.1. The van der Waals surface area contributed by atoms with Crippen molar-refractivity contribution < 1.29 is 19.1 Å². The molecule has 1 N–H and O–H groups in total. The zero-order chi connectivity index (χ0) is 21.1. The topological polar surface area (TPSA) is 64.6 Å². The molecule has 1 amide bonds. The minimum absolute atomic E-state index is 0.000988. The summed E-state index contributed by atoms with van der Waals surface area (Å²) in [7, 11) is 0. The van der Waals surface area contributed by atoms with Gasteiger partial charge in [-0.15, -0.1) is 0 Å². The first-order valence-electron chi connectivity index (χ1n) is 9.51. The van der Waals surface area contributed by atoms with Gasteiger partial charge in [-0.05, 0) is 49.9 Å². The first kappa shape index (κ1) is 23.0. The number of ether oxygens (including phenoxy) is 2. The molecule has 0 aliphatic carbocycles. The fourth-order valence-corrected chi connectivity index (χ4v) is 3.09. The van der Waals surface area contributed by atoms with E-state index < -0.39 is 5.97 Å². The average molecular weight is 438 g/mol. The second-order valence-electron chi connectivity index (χ2n) is 6.68. The van der Waals surface area contributed by atoms with Crippen molar-refractivity contribution >= 4 is 35.1 Å². The van der Waals surface area contributed by atoms with Crippen molar-refractivity contribution in [2.75, 3.05) is 13.2 Å². The van der Waals surface area contributed by atoms with Crippen LogP contribution in [0.2, 0.25) is 10.0 Å². The molecule has 2 aromatic rings. The first-order chi connectivity index (χ1) is 13.9. The van der Waals surface area contributed by atoms with E-state index in [4.69, 9.17) is 32.7 Å². The third-order valence-electron chi connectivity index (χ3n) is 4.16. The Hall–Kier alpha value is -2.24.